The monoisotopic (exact) mass is 368 g/mol. The van der Waals surface area contributed by atoms with Crippen LogP contribution in [0.15, 0.2) is 23.1 Å². The lowest BCUT2D eigenvalue weighted by molar-refractivity contribution is -0.141. The SMILES string of the molecule is CCN(CC)S(=O)(=O)c1ccc(C)c(C(=O)N2CCCC2C(=O)O)c1. The fourth-order valence-electron chi connectivity index (χ4n) is 3.13. The number of likely N-dealkylation sites (tertiary alicyclic amines) is 1. The van der Waals surface area contributed by atoms with Crippen molar-refractivity contribution in [2.45, 2.75) is 44.6 Å². The van der Waals surface area contributed by atoms with Crippen molar-refractivity contribution in [2.75, 3.05) is 19.6 Å². The molecule has 138 valence electrons. The van der Waals surface area contributed by atoms with Crippen LogP contribution in [0.25, 0.3) is 0 Å². The number of benzene rings is 1. The number of aryl methyl sites for hydroxylation is 1. The van der Waals surface area contributed by atoms with Gasteiger partial charge in [-0.15, -0.1) is 0 Å². The van der Waals surface area contributed by atoms with E-state index < -0.39 is 27.9 Å². The maximum absolute atomic E-state index is 12.8. The van der Waals surface area contributed by atoms with E-state index in [-0.39, 0.29) is 10.5 Å². The molecule has 0 saturated carbocycles. The number of hydrogen-bond donors (Lipinski definition) is 1. The fraction of sp³-hybridized carbons (Fsp3) is 0.529. The third-order valence-electron chi connectivity index (χ3n) is 4.58. The van der Waals surface area contributed by atoms with Gasteiger partial charge in [-0.05, 0) is 37.5 Å². The summed E-state index contributed by atoms with van der Waals surface area (Å²) < 4.78 is 26.7. The highest BCUT2D eigenvalue weighted by Gasteiger charge is 2.35. The highest BCUT2D eigenvalue weighted by Crippen LogP contribution is 2.25. The lowest BCUT2D eigenvalue weighted by Gasteiger charge is -2.23. The molecule has 1 atom stereocenters. The number of carboxylic acids is 1. The second kappa shape index (κ2) is 7.53. The van der Waals surface area contributed by atoms with E-state index in [1.165, 1.54) is 21.3 Å². The van der Waals surface area contributed by atoms with Crippen molar-refractivity contribution < 1.29 is 23.1 Å². The van der Waals surface area contributed by atoms with Crippen molar-refractivity contribution in [3.05, 3.63) is 29.3 Å². The van der Waals surface area contributed by atoms with E-state index in [9.17, 15) is 23.1 Å². The summed E-state index contributed by atoms with van der Waals surface area (Å²) in [5, 5.41) is 9.27. The molecule has 1 amide bonds. The molecule has 1 saturated heterocycles. The van der Waals surface area contributed by atoms with Crippen LogP contribution in [0, 0.1) is 6.92 Å². The number of carbonyl (C=O) groups is 2. The molecule has 1 aromatic carbocycles. The van der Waals surface area contributed by atoms with Crippen LogP contribution < -0.4 is 0 Å². The number of carbonyl (C=O) groups excluding carboxylic acids is 1. The molecule has 1 N–H and O–H groups in total. The number of sulfonamides is 1. The Hall–Kier alpha value is -1.93. The lowest BCUT2D eigenvalue weighted by atomic mass is 10.1. The largest absolute Gasteiger partial charge is 0.480 e. The van der Waals surface area contributed by atoms with Crippen LogP contribution in [0.2, 0.25) is 0 Å². The highest BCUT2D eigenvalue weighted by atomic mass is 32.2. The summed E-state index contributed by atoms with van der Waals surface area (Å²) in [5.74, 6) is -1.46. The van der Waals surface area contributed by atoms with Gasteiger partial charge in [-0.3, -0.25) is 4.79 Å². The molecule has 1 fully saturated rings. The van der Waals surface area contributed by atoms with E-state index in [0.29, 0.717) is 38.0 Å². The molecule has 1 unspecified atom stereocenters. The molecule has 1 heterocycles. The number of nitrogens with zero attached hydrogens (tertiary/aromatic N) is 2. The van der Waals surface area contributed by atoms with Gasteiger partial charge in [0.1, 0.15) is 6.04 Å². The van der Waals surface area contributed by atoms with Crippen LogP contribution in [0.3, 0.4) is 0 Å². The minimum Gasteiger partial charge on any atom is -0.480 e. The Balaban J connectivity index is 2.43. The average molecular weight is 368 g/mol. The van der Waals surface area contributed by atoms with Gasteiger partial charge in [-0.2, -0.15) is 4.31 Å². The maximum Gasteiger partial charge on any atom is 0.326 e. The van der Waals surface area contributed by atoms with Crippen LogP contribution in [0.5, 0.6) is 0 Å². The first-order chi connectivity index (χ1) is 11.7. The molecule has 0 spiro atoms. The van der Waals surface area contributed by atoms with E-state index in [2.05, 4.69) is 0 Å². The van der Waals surface area contributed by atoms with Gasteiger partial charge in [0.05, 0.1) is 4.90 Å². The van der Waals surface area contributed by atoms with Crippen LogP contribution in [-0.2, 0) is 14.8 Å². The Morgan fingerprint density at radius 3 is 2.48 bits per heavy atom. The number of rotatable bonds is 6. The van der Waals surface area contributed by atoms with Crippen molar-refractivity contribution in [2.24, 2.45) is 0 Å². The summed E-state index contributed by atoms with van der Waals surface area (Å²) >= 11 is 0. The predicted molar refractivity (Wildman–Crippen MR) is 93.0 cm³/mol. The summed E-state index contributed by atoms with van der Waals surface area (Å²) in [5.41, 5.74) is 0.862. The summed E-state index contributed by atoms with van der Waals surface area (Å²) in [7, 11) is -3.68. The van der Waals surface area contributed by atoms with Gasteiger partial charge in [0.2, 0.25) is 10.0 Å². The molecular weight excluding hydrogens is 344 g/mol. The average Bonchev–Trinajstić information content (AvgIpc) is 3.05. The molecular formula is C17H24N2O5S. The van der Waals surface area contributed by atoms with Gasteiger partial charge in [-0.1, -0.05) is 19.9 Å². The number of carboxylic acid groups (broad SMARTS) is 1. The van der Waals surface area contributed by atoms with Gasteiger partial charge in [-0.25, -0.2) is 13.2 Å². The highest BCUT2D eigenvalue weighted by molar-refractivity contribution is 7.89. The zero-order valence-electron chi connectivity index (χ0n) is 14.7. The Labute approximate surface area is 148 Å². The number of amides is 1. The van der Waals surface area contributed by atoms with E-state index in [0.717, 1.165) is 0 Å². The Morgan fingerprint density at radius 2 is 1.92 bits per heavy atom. The summed E-state index contributed by atoms with van der Waals surface area (Å²) in [6.45, 7) is 6.26. The number of hydrogen-bond acceptors (Lipinski definition) is 4. The zero-order chi connectivity index (χ0) is 18.8. The molecule has 7 nitrogen and oxygen atoms in total. The molecule has 0 aromatic heterocycles. The molecule has 1 aliphatic rings. The number of aliphatic carboxylic acids is 1. The fourth-order valence-corrected chi connectivity index (χ4v) is 4.61. The summed E-state index contributed by atoms with van der Waals surface area (Å²) in [6, 6.07) is 3.59. The molecule has 0 bridgehead atoms. The minimum absolute atomic E-state index is 0.0521. The van der Waals surface area contributed by atoms with E-state index in [4.69, 9.17) is 0 Å². The zero-order valence-corrected chi connectivity index (χ0v) is 15.5. The molecule has 1 aliphatic heterocycles. The van der Waals surface area contributed by atoms with Crippen molar-refractivity contribution >= 4 is 21.9 Å². The van der Waals surface area contributed by atoms with Crippen molar-refractivity contribution in [3.8, 4) is 0 Å². The minimum atomic E-state index is -3.68. The van der Waals surface area contributed by atoms with Crippen molar-refractivity contribution in [1.29, 1.82) is 0 Å². The molecule has 8 heteroatoms. The molecule has 0 radical (unpaired) electrons. The Bertz CT molecular complexity index is 771. The van der Waals surface area contributed by atoms with Crippen molar-refractivity contribution in [3.63, 3.8) is 0 Å². The van der Waals surface area contributed by atoms with Crippen LogP contribution in [-0.4, -0.2) is 60.3 Å². The quantitative estimate of drug-likeness (QED) is 0.825. The second-order valence-corrected chi connectivity index (χ2v) is 8.00. The Morgan fingerprint density at radius 1 is 1.28 bits per heavy atom. The first-order valence-electron chi connectivity index (χ1n) is 8.38. The first kappa shape index (κ1) is 19.4. The Kier molecular flexibility index (Phi) is 5.84. The van der Waals surface area contributed by atoms with Gasteiger partial charge in [0, 0.05) is 25.2 Å². The third kappa shape index (κ3) is 3.69. The smallest absolute Gasteiger partial charge is 0.326 e. The molecule has 2 rings (SSSR count). The van der Waals surface area contributed by atoms with Gasteiger partial charge in [0.25, 0.3) is 5.91 Å². The van der Waals surface area contributed by atoms with Crippen LogP contribution in [0.1, 0.15) is 42.6 Å². The summed E-state index contributed by atoms with van der Waals surface area (Å²) in [6.07, 6.45) is 1.04. The van der Waals surface area contributed by atoms with E-state index in [1.54, 1.807) is 26.8 Å². The first-order valence-corrected chi connectivity index (χ1v) is 9.82. The van der Waals surface area contributed by atoms with E-state index in [1.807, 2.05) is 0 Å². The lowest BCUT2D eigenvalue weighted by Crippen LogP contribution is -2.40. The molecule has 1 aromatic rings. The van der Waals surface area contributed by atoms with Crippen LogP contribution in [0.4, 0.5) is 0 Å². The van der Waals surface area contributed by atoms with Crippen molar-refractivity contribution in [1.82, 2.24) is 9.21 Å². The maximum atomic E-state index is 12.8. The summed E-state index contributed by atoms with van der Waals surface area (Å²) in [4.78, 5) is 25.5. The topological polar surface area (TPSA) is 95.0 Å². The van der Waals surface area contributed by atoms with E-state index >= 15 is 0 Å². The van der Waals surface area contributed by atoms with Gasteiger partial charge < -0.3 is 10.0 Å². The molecule has 0 aliphatic carbocycles. The van der Waals surface area contributed by atoms with Gasteiger partial charge in [0.15, 0.2) is 0 Å². The predicted octanol–water partition coefficient (Wildman–Crippen LogP) is 1.71. The normalized spacial score (nSPS) is 17.9. The van der Waals surface area contributed by atoms with Crippen LogP contribution >= 0.6 is 0 Å². The molecule has 25 heavy (non-hydrogen) atoms. The third-order valence-corrected chi connectivity index (χ3v) is 6.63. The standard InChI is InChI=1S/C17H24N2O5S/c1-4-18(5-2)25(23,24)13-9-8-12(3)14(11-13)16(20)19-10-6-7-15(19)17(21)22/h8-9,11,15H,4-7,10H2,1-3H3,(H,21,22). The van der Waals surface area contributed by atoms with Gasteiger partial charge >= 0.3 is 5.97 Å². The second-order valence-electron chi connectivity index (χ2n) is 6.06.